The number of hydrogen-bond acceptors (Lipinski definition) is 2. The van der Waals surface area contributed by atoms with Crippen molar-refractivity contribution in [2.45, 2.75) is 13.2 Å². The molecule has 0 aliphatic rings. The van der Waals surface area contributed by atoms with Crippen molar-refractivity contribution < 1.29 is 9.47 Å². The normalized spacial score (nSPS) is 8.57. The number of hydrogen-bond donors (Lipinski definition) is 0. The fourth-order valence-electron chi connectivity index (χ4n) is 0.0962. The van der Waals surface area contributed by atoms with Crippen LogP contribution in [0.5, 0.6) is 0 Å². The van der Waals surface area contributed by atoms with E-state index in [1.807, 2.05) is 6.92 Å². The first-order valence-corrected chi connectivity index (χ1v) is 1.87. The zero-order valence-corrected chi connectivity index (χ0v) is 10.6. The van der Waals surface area contributed by atoms with Gasteiger partial charge in [0.25, 0.3) is 0 Å². The maximum absolute atomic E-state index is 4.68. The quantitative estimate of drug-likeness (QED) is 0.515. The van der Waals surface area contributed by atoms with Crippen molar-refractivity contribution in [2.24, 2.45) is 0 Å². The van der Waals surface area contributed by atoms with Crippen molar-refractivity contribution in [2.75, 3.05) is 14.2 Å². The van der Waals surface area contributed by atoms with E-state index in [9.17, 15) is 0 Å². The van der Waals surface area contributed by atoms with Crippen LogP contribution in [0.2, 0.25) is 0 Å². The van der Waals surface area contributed by atoms with Crippen LogP contribution in [-0.2, 0) is 9.47 Å². The number of rotatable bonds is 2. The van der Waals surface area contributed by atoms with Gasteiger partial charge in [0.1, 0.15) is 0 Å². The van der Waals surface area contributed by atoms with Gasteiger partial charge in [-0.15, -0.1) is 0 Å². The van der Waals surface area contributed by atoms with Crippen LogP contribution < -0.4 is 0 Å². The Morgan fingerprint density at radius 1 is 1.14 bits per heavy atom. The molecule has 0 atom stereocenters. The Hall–Kier alpha value is 0.842. The molecular weight excluding hydrogens is 287 g/mol. The predicted molar refractivity (Wildman–Crippen MR) is 32.0 cm³/mol. The molecule has 0 unspecified atom stereocenters. The van der Waals surface area contributed by atoms with Crippen molar-refractivity contribution >= 4 is 27.3 Å². The average molecular weight is 299 g/mol. The summed E-state index contributed by atoms with van der Waals surface area (Å²) in [6.07, 6.45) is -0.0648. The van der Waals surface area contributed by atoms with E-state index in [0.717, 1.165) is 0 Å². The molecule has 0 aliphatic carbocycles. The van der Waals surface area contributed by atoms with Gasteiger partial charge in [0.2, 0.25) is 0 Å². The van der Waals surface area contributed by atoms with Crippen LogP contribution >= 0.6 is 0 Å². The van der Waals surface area contributed by atoms with Gasteiger partial charge in [-0.05, 0) is 6.92 Å². The van der Waals surface area contributed by atoms with Crippen molar-refractivity contribution in [3.8, 4) is 0 Å². The third-order valence-electron chi connectivity index (χ3n) is 0.664. The SMILES string of the molecule is COC(C)OC.[PbH2]. The first kappa shape index (κ1) is 10.8. The molecule has 0 rings (SSSR count). The van der Waals surface area contributed by atoms with Gasteiger partial charge in [-0.25, -0.2) is 0 Å². The van der Waals surface area contributed by atoms with Gasteiger partial charge in [-0.3, -0.25) is 0 Å². The van der Waals surface area contributed by atoms with E-state index in [1.54, 1.807) is 14.2 Å². The molecule has 2 nitrogen and oxygen atoms in total. The molecule has 0 aromatic rings. The second-order valence-electron chi connectivity index (χ2n) is 1.04. The van der Waals surface area contributed by atoms with E-state index in [1.165, 1.54) is 0 Å². The maximum atomic E-state index is 4.68. The summed E-state index contributed by atoms with van der Waals surface area (Å²) in [4.78, 5) is 0. The van der Waals surface area contributed by atoms with Crippen LogP contribution in [0.15, 0.2) is 0 Å². The molecule has 0 bridgehead atoms. The molecule has 0 saturated heterocycles. The zero-order valence-electron chi connectivity index (χ0n) is 5.10. The molecule has 2 radical (unpaired) electrons. The predicted octanol–water partition coefficient (Wildman–Crippen LogP) is -0.291. The molecule has 0 aromatic carbocycles. The zero-order chi connectivity index (χ0) is 4.99. The summed E-state index contributed by atoms with van der Waals surface area (Å²) in [5.41, 5.74) is 0. The van der Waals surface area contributed by atoms with Gasteiger partial charge in [0.15, 0.2) is 6.29 Å². The van der Waals surface area contributed by atoms with E-state index in [2.05, 4.69) is 9.47 Å². The molecule has 0 N–H and O–H groups in total. The van der Waals surface area contributed by atoms with Crippen molar-refractivity contribution in [3.05, 3.63) is 0 Å². The van der Waals surface area contributed by atoms with Crippen molar-refractivity contribution in [1.82, 2.24) is 0 Å². The Morgan fingerprint density at radius 2 is 1.43 bits per heavy atom. The summed E-state index contributed by atoms with van der Waals surface area (Å²) < 4.78 is 9.35. The Kier molecular flexibility index (Phi) is 10.5. The fraction of sp³-hybridized carbons (Fsp3) is 1.00. The van der Waals surface area contributed by atoms with Gasteiger partial charge in [-0.2, -0.15) is 0 Å². The molecule has 0 spiro atoms. The van der Waals surface area contributed by atoms with Gasteiger partial charge in [-0.1, -0.05) is 0 Å². The Morgan fingerprint density at radius 3 is 1.43 bits per heavy atom. The van der Waals surface area contributed by atoms with Crippen LogP contribution in [-0.4, -0.2) is 47.8 Å². The van der Waals surface area contributed by atoms with Gasteiger partial charge < -0.3 is 9.47 Å². The van der Waals surface area contributed by atoms with E-state index in [0.29, 0.717) is 0 Å². The molecule has 0 heterocycles. The molecule has 0 saturated carbocycles. The molecule has 7 heavy (non-hydrogen) atoms. The van der Waals surface area contributed by atoms with Crippen LogP contribution in [0.3, 0.4) is 0 Å². The second kappa shape index (κ2) is 6.84. The summed E-state index contributed by atoms with van der Waals surface area (Å²) in [5.74, 6) is 0. The van der Waals surface area contributed by atoms with E-state index in [4.69, 9.17) is 0 Å². The van der Waals surface area contributed by atoms with Gasteiger partial charge in [0, 0.05) is 14.2 Å². The topological polar surface area (TPSA) is 18.5 Å². The summed E-state index contributed by atoms with van der Waals surface area (Å²) in [6.45, 7) is 1.83. The van der Waals surface area contributed by atoms with Crippen LogP contribution in [0.25, 0.3) is 0 Å². The molecule has 0 amide bonds. The van der Waals surface area contributed by atoms with Crippen molar-refractivity contribution in [3.63, 3.8) is 0 Å². The molecular formula is C4H12O2Pb. The second-order valence-corrected chi connectivity index (χ2v) is 1.04. The summed E-state index contributed by atoms with van der Waals surface area (Å²) in [7, 11) is 3.21. The minimum atomic E-state index is -0.0648. The van der Waals surface area contributed by atoms with Gasteiger partial charge >= 0.3 is 27.3 Å². The first-order valence-electron chi connectivity index (χ1n) is 1.87. The van der Waals surface area contributed by atoms with E-state index < -0.39 is 0 Å². The summed E-state index contributed by atoms with van der Waals surface area (Å²) in [5, 5.41) is 0. The standard InChI is InChI=1S/C4H10O2.Pb.2H/c1-4(5-2)6-3;;;/h4H,1-3H3;;;. The van der Waals surface area contributed by atoms with Crippen molar-refractivity contribution in [1.29, 1.82) is 0 Å². The summed E-state index contributed by atoms with van der Waals surface area (Å²) >= 11 is 0. The van der Waals surface area contributed by atoms with Crippen LogP contribution in [0.1, 0.15) is 6.92 Å². The Balaban J connectivity index is 0. The first-order chi connectivity index (χ1) is 2.81. The number of ether oxygens (including phenoxy) is 2. The monoisotopic (exact) mass is 300 g/mol. The fourth-order valence-corrected chi connectivity index (χ4v) is 0.0962. The molecule has 0 aromatic heterocycles. The molecule has 0 aliphatic heterocycles. The van der Waals surface area contributed by atoms with E-state index in [-0.39, 0.29) is 33.6 Å². The Labute approximate surface area is 64.3 Å². The number of methoxy groups -OCH3 is 2. The molecule has 3 heteroatoms. The average Bonchev–Trinajstić information content (AvgIpc) is 1.65. The van der Waals surface area contributed by atoms with Crippen LogP contribution in [0, 0.1) is 0 Å². The van der Waals surface area contributed by atoms with E-state index >= 15 is 0 Å². The summed E-state index contributed by atoms with van der Waals surface area (Å²) in [6, 6.07) is 0. The van der Waals surface area contributed by atoms with Gasteiger partial charge in [0.05, 0.1) is 0 Å². The third kappa shape index (κ3) is 6.84. The van der Waals surface area contributed by atoms with Crippen LogP contribution in [0.4, 0.5) is 0 Å². The molecule has 0 fully saturated rings. The molecule has 44 valence electrons. The Bertz CT molecular complexity index is 28.9. The third-order valence-corrected chi connectivity index (χ3v) is 0.664. The minimum absolute atomic E-state index is 0.